The molecule has 1 saturated heterocycles. The van der Waals surface area contributed by atoms with Crippen LogP contribution in [0.5, 0.6) is 5.75 Å². The van der Waals surface area contributed by atoms with Crippen LogP contribution in [0.3, 0.4) is 0 Å². The first-order valence-corrected chi connectivity index (χ1v) is 8.21. The maximum Gasteiger partial charge on any atom is 0.167 e. The van der Waals surface area contributed by atoms with Crippen LogP contribution in [0.1, 0.15) is 45.0 Å². The number of aromatic nitrogens is 2. The second-order valence-electron chi connectivity index (χ2n) is 5.19. The lowest BCUT2D eigenvalue weighted by Crippen LogP contribution is -2.19. The SMILES string of the molecule is CC.COc1cc2c(CCO)nn(C3CCCCO3)c2cc1F. The number of halogens is 1. The highest BCUT2D eigenvalue weighted by atomic mass is 19.1. The Balaban J connectivity index is 0.000000924. The molecule has 0 aliphatic carbocycles. The number of benzene rings is 1. The molecule has 1 N–H and O–H groups in total. The van der Waals surface area contributed by atoms with E-state index >= 15 is 0 Å². The van der Waals surface area contributed by atoms with Crippen LogP contribution in [-0.4, -0.2) is 35.2 Å². The van der Waals surface area contributed by atoms with E-state index in [1.54, 1.807) is 10.7 Å². The molecule has 1 unspecified atom stereocenters. The maximum absolute atomic E-state index is 14.0. The highest BCUT2D eigenvalue weighted by Gasteiger charge is 2.22. The minimum atomic E-state index is -0.419. The molecule has 3 rings (SSSR count). The number of methoxy groups -OCH3 is 1. The van der Waals surface area contributed by atoms with Gasteiger partial charge in [0, 0.05) is 31.1 Å². The van der Waals surface area contributed by atoms with E-state index in [1.165, 1.54) is 13.2 Å². The number of hydrogen-bond donors (Lipinski definition) is 1. The Kier molecular flexibility index (Phi) is 6.36. The predicted molar refractivity (Wildman–Crippen MR) is 87.2 cm³/mol. The molecule has 1 aliphatic heterocycles. The van der Waals surface area contributed by atoms with Crippen molar-refractivity contribution in [2.45, 2.75) is 45.8 Å². The number of rotatable bonds is 4. The number of aliphatic hydroxyl groups excluding tert-OH is 1. The van der Waals surface area contributed by atoms with Gasteiger partial charge in [0.25, 0.3) is 0 Å². The zero-order chi connectivity index (χ0) is 16.8. The molecule has 6 heteroatoms. The highest BCUT2D eigenvalue weighted by Crippen LogP contribution is 2.32. The number of ether oxygens (including phenoxy) is 2. The van der Waals surface area contributed by atoms with Crippen LogP contribution < -0.4 is 4.74 Å². The fourth-order valence-electron chi connectivity index (χ4n) is 2.78. The van der Waals surface area contributed by atoms with E-state index in [0.29, 0.717) is 18.5 Å². The number of fused-ring (bicyclic) bond motifs is 1. The van der Waals surface area contributed by atoms with Crippen molar-refractivity contribution in [1.29, 1.82) is 0 Å². The maximum atomic E-state index is 14.0. The molecule has 23 heavy (non-hydrogen) atoms. The molecule has 0 bridgehead atoms. The van der Waals surface area contributed by atoms with E-state index in [-0.39, 0.29) is 18.6 Å². The van der Waals surface area contributed by atoms with Gasteiger partial charge in [-0.1, -0.05) is 13.8 Å². The fraction of sp³-hybridized carbons (Fsp3) is 0.588. The zero-order valence-corrected chi connectivity index (χ0v) is 14.0. The first-order valence-electron chi connectivity index (χ1n) is 8.21. The van der Waals surface area contributed by atoms with E-state index in [9.17, 15) is 9.50 Å². The molecule has 1 atom stereocenters. The summed E-state index contributed by atoms with van der Waals surface area (Å²) in [4.78, 5) is 0. The van der Waals surface area contributed by atoms with Crippen LogP contribution in [0.15, 0.2) is 12.1 Å². The Morgan fingerprint density at radius 1 is 1.39 bits per heavy atom. The van der Waals surface area contributed by atoms with Crippen LogP contribution in [-0.2, 0) is 11.2 Å². The van der Waals surface area contributed by atoms with E-state index in [2.05, 4.69) is 5.10 Å². The Hall–Kier alpha value is -1.66. The molecular weight excluding hydrogens is 299 g/mol. The highest BCUT2D eigenvalue weighted by molar-refractivity contribution is 5.84. The predicted octanol–water partition coefficient (Wildman–Crippen LogP) is 3.44. The van der Waals surface area contributed by atoms with Gasteiger partial charge in [0.15, 0.2) is 17.8 Å². The van der Waals surface area contributed by atoms with Crippen LogP contribution >= 0.6 is 0 Å². The molecule has 0 saturated carbocycles. The molecule has 5 nitrogen and oxygen atoms in total. The lowest BCUT2D eigenvalue weighted by Gasteiger charge is -2.23. The van der Waals surface area contributed by atoms with Crippen LogP contribution in [0.4, 0.5) is 4.39 Å². The molecule has 2 heterocycles. The summed E-state index contributed by atoms with van der Waals surface area (Å²) < 4.78 is 26.5. The minimum absolute atomic E-state index is 0.00265. The van der Waals surface area contributed by atoms with Gasteiger partial charge in [0.2, 0.25) is 0 Å². The Morgan fingerprint density at radius 3 is 2.78 bits per heavy atom. The third-order valence-electron chi connectivity index (χ3n) is 3.83. The average Bonchev–Trinajstić information content (AvgIpc) is 2.94. The first-order chi connectivity index (χ1) is 11.2. The van der Waals surface area contributed by atoms with Crippen LogP contribution in [0.2, 0.25) is 0 Å². The molecule has 1 fully saturated rings. The fourth-order valence-corrected chi connectivity index (χ4v) is 2.78. The average molecular weight is 324 g/mol. The summed E-state index contributed by atoms with van der Waals surface area (Å²) >= 11 is 0. The summed E-state index contributed by atoms with van der Waals surface area (Å²) in [5, 5.41) is 14.5. The van der Waals surface area contributed by atoms with E-state index < -0.39 is 5.82 Å². The molecule has 1 aromatic heterocycles. The smallest absolute Gasteiger partial charge is 0.167 e. The number of aliphatic hydroxyl groups is 1. The van der Waals surface area contributed by atoms with Crippen molar-refractivity contribution < 1.29 is 19.0 Å². The lowest BCUT2D eigenvalue weighted by atomic mass is 10.1. The second-order valence-corrected chi connectivity index (χ2v) is 5.19. The summed E-state index contributed by atoms with van der Waals surface area (Å²) in [5.41, 5.74) is 1.42. The van der Waals surface area contributed by atoms with Crippen molar-refractivity contribution in [2.75, 3.05) is 20.3 Å². The summed E-state index contributed by atoms with van der Waals surface area (Å²) in [6, 6.07) is 3.07. The van der Waals surface area contributed by atoms with Crippen molar-refractivity contribution in [3.8, 4) is 5.75 Å². The minimum Gasteiger partial charge on any atom is -0.494 e. The van der Waals surface area contributed by atoms with Crippen molar-refractivity contribution >= 4 is 10.9 Å². The van der Waals surface area contributed by atoms with Crippen molar-refractivity contribution in [3.63, 3.8) is 0 Å². The lowest BCUT2D eigenvalue weighted by molar-refractivity contribution is -0.0369. The molecule has 1 aliphatic rings. The van der Waals surface area contributed by atoms with Gasteiger partial charge in [-0.15, -0.1) is 0 Å². The Bertz CT molecular complexity index is 636. The van der Waals surface area contributed by atoms with Crippen molar-refractivity contribution in [2.24, 2.45) is 0 Å². The summed E-state index contributed by atoms with van der Waals surface area (Å²) in [5.74, 6) is -0.233. The second kappa shape index (κ2) is 8.26. The number of nitrogens with zero attached hydrogens (tertiary/aromatic N) is 2. The molecule has 0 amide bonds. The van der Waals surface area contributed by atoms with Gasteiger partial charge in [-0.05, 0) is 25.3 Å². The zero-order valence-electron chi connectivity index (χ0n) is 14.0. The molecule has 0 spiro atoms. The number of hydrogen-bond acceptors (Lipinski definition) is 4. The molecule has 1 aromatic carbocycles. The largest absolute Gasteiger partial charge is 0.494 e. The quantitative estimate of drug-likeness (QED) is 0.936. The third-order valence-corrected chi connectivity index (χ3v) is 3.83. The monoisotopic (exact) mass is 324 g/mol. The van der Waals surface area contributed by atoms with E-state index in [0.717, 1.165) is 30.3 Å². The van der Waals surface area contributed by atoms with Gasteiger partial charge in [-0.2, -0.15) is 5.10 Å². The van der Waals surface area contributed by atoms with Gasteiger partial charge in [-0.25, -0.2) is 9.07 Å². The van der Waals surface area contributed by atoms with Crippen molar-refractivity contribution in [1.82, 2.24) is 9.78 Å². The standard InChI is InChI=1S/C15H19FN2O3.C2H6/c1-20-14-8-10-12(5-6-19)17-18(13(10)9-11(14)16)15-4-2-3-7-21-15;1-2/h8-9,15,19H,2-7H2,1H3;1-2H3. The Labute approximate surface area is 136 Å². The summed E-state index contributed by atoms with van der Waals surface area (Å²) in [7, 11) is 1.44. The Morgan fingerprint density at radius 2 is 2.17 bits per heavy atom. The molecule has 0 radical (unpaired) electrons. The topological polar surface area (TPSA) is 56.5 Å². The third kappa shape index (κ3) is 3.64. The van der Waals surface area contributed by atoms with Gasteiger partial charge in [0.1, 0.15) is 0 Å². The molecule has 2 aromatic rings. The summed E-state index contributed by atoms with van der Waals surface area (Å²) in [6.45, 7) is 4.69. The normalized spacial score (nSPS) is 17.7. The first kappa shape index (κ1) is 17.7. The van der Waals surface area contributed by atoms with Crippen LogP contribution in [0.25, 0.3) is 10.9 Å². The summed E-state index contributed by atoms with van der Waals surface area (Å²) in [6.07, 6.45) is 3.23. The molecular formula is C17H25FN2O3. The van der Waals surface area contributed by atoms with Gasteiger partial charge in [-0.3, -0.25) is 0 Å². The van der Waals surface area contributed by atoms with Gasteiger partial charge >= 0.3 is 0 Å². The van der Waals surface area contributed by atoms with Gasteiger partial charge < -0.3 is 14.6 Å². The van der Waals surface area contributed by atoms with E-state index in [4.69, 9.17) is 9.47 Å². The van der Waals surface area contributed by atoms with E-state index in [1.807, 2.05) is 13.8 Å². The van der Waals surface area contributed by atoms with Crippen molar-refractivity contribution in [3.05, 3.63) is 23.6 Å². The van der Waals surface area contributed by atoms with Crippen LogP contribution in [0, 0.1) is 5.82 Å². The van der Waals surface area contributed by atoms with Gasteiger partial charge in [0.05, 0.1) is 18.3 Å². The molecule has 128 valence electrons.